The molecule has 4 fully saturated rings. The fraction of sp³-hybridized carbons (Fsp3) is 0.346. The Morgan fingerprint density at radius 2 is 1.47 bits per heavy atom. The maximum Gasteiger partial charge on any atom is 0.262 e. The smallest absolute Gasteiger partial charge is 0.262 e. The summed E-state index contributed by atoms with van der Waals surface area (Å²) >= 11 is 0. The molecule has 0 radical (unpaired) electrons. The molecule has 5 aliphatic rings. The molecule has 3 saturated heterocycles. The normalized spacial score (nSPS) is 19.4. The fourth-order valence-corrected chi connectivity index (χ4v) is 9.88. The van der Waals surface area contributed by atoms with Crippen LogP contribution in [0.15, 0.2) is 103 Å². The van der Waals surface area contributed by atoms with Gasteiger partial charge in [0.2, 0.25) is 17.7 Å². The number of rotatable bonds is 13. The van der Waals surface area contributed by atoms with Crippen LogP contribution >= 0.6 is 0 Å². The first-order valence-corrected chi connectivity index (χ1v) is 23.3. The molecule has 3 N–H and O–H groups in total. The molecule has 68 heavy (non-hydrogen) atoms. The van der Waals surface area contributed by atoms with E-state index >= 15 is 0 Å². The van der Waals surface area contributed by atoms with Gasteiger partial charge in [-0.25, -0.2) is 4.39 Å². The minimum Gasteiger partial charge on any atom is -0.495 e. The molecule has 1 aromatic heterocycles. The molecule has 4 aromatic carbocycles. The summed E-state index contributed by atoms with van der Waals surface area (Å²) in [5.41, 5.74) is 3.78. The molecule has 10 rings (SSSR count). The van der Waals surface area contributed by atoms with E-state index in [9.17, 15) is 28.4 Å². The number of carbonyl (C=O) groups excluding carboxylic acids is 5. The summed E-state index contributed by atoms with van der Waals surface area (Å²) in [5, 5.41) is 9.08. The molecular formula is C52H53FN8O7. The van der Waals surface area contributed by atoms with E-state index < -0.39 is 40.9 Å². The van der Waals surface area contributed by atoms with Gasteiger partial charge < -0.3 is 35.2 Å². The summed E-state index contributed by atoms with van der Waals surface area (Å²) in [6.45, 7) is 10.1. The number of pyridine rings is 1. The summed E-state index contributed by atoms with van der Waals surface area (Å²) in [6.07, 6.45) is 6.67. The predicted molar refractivity (Wildman–Crippen MR) is 256 cm³/mol. The van der Waals surface area contributed by atoms with Crippen LogP contribution in [0.2, 0.25) is 0 Å². The van der Waals surface area contributed by atoms with Gasteiger partial charge in [-0.05, 0) is 142 Å². The molecule has 1 aliphatic carbocycles. The van der Waals surface area contributed by atoms with E-state index in [-0.39, 0.29) is 5.91 Å². The standard InChI is InChI=1S/C52H53FN8O7/c1-32-3-14-43(47(62)55-32)61-48(63)39-13-10-37(29-40(39)49(61)64)59-23-17-33(18-24-59)16-22-58-25-27-60(28-26-58)44-31-42-41(30-46(44)67-2)45(15-21-54-42)68-38-11-8-36(9-12-38)57-51(66)52(19-20-52)50(65)56-35-6-4-34(53)5-7-35/h4-13,15,21,29-31,33,43H,1,3,14,16-20,22-28H2,2H3,(H,55,62)(H,56,65)(H,57,66). The molecule has 5 amide bonds. The van der Waals surface area contributed by atoms with Gasteiger partial charge in [0.05, 0.1) is 29.4 Å². The number of carbonyl (C=O) groups is 5. The number of fused-ring (bicyclic) bond motifs is 2. The van der Waals surface area contributed by atoms with Crippen molar-refractivity contribution in [2.45, 2.75) is 51.0 Å². The van der Waals surface area contributed by atoms with E-state index in [0.717, 1.165) is 98.0 Å². The summed E-state index contributed by atoms with van der Waals surface area (Å²) in [5.74, 6) is 0.0701. The Balaban J connectivity index is 0.699. The molecule has 5 aromatic rings. The van der Waals surface area contributed by atoms with Gasteiger partial charge >= 0.3 is 0 Å². The second kappa shape index (κ2) is 18.4. The maximum absolute atomic E-state index is 13.4. The number of halogens is 1. The van der Waals surface area contributed by atoms with Crippen molar-refractivity contribution in [1.29, 1.82) is 0 Å². The second-order valence-corrected chi connectivity index (χ2v) is 18.4. The highest BCUT2D eigenvalue weighted by atomic mass is 19.1. The van der Waals surface area contributed by atoms with E-state index in [1.54, 1.807) is 49.7 Å². The Labute approximate surface area is 393 Å². The number of methoxy groups -OCH3 is 1. The van der Waals surface area contributed by atoms with Crippen LogP contribution < -0.4 is 35.2 Å². The van der Waals surface area contributed by atoms with Gasteiger partial charge in [0.15, 0.2) is 0 Å². The van der Waals surface area contributed by atoms with Crippen LogP contribution in [0.5, 0.6) is 17.2 Å². The molecule has 5 heterocycles. The average molecular weight is 921 g/mol. The number of allylic oxidation sites excluding steroid dienone is 1. The van der Waals surface area contributed by atoms with Crippen molar-refractivity contribution in [3.05, 3.63) is 120 Å². The fourth-order valence-electron chi connectivity index (χ4n) is 9.88. The van der Waals surface area contributed by atoms with Crippen molar-refractivity contribution in [2.75, 3.05) is 73.4 Å². The van der Waals surface area contributed by atoms with Crippen LogP contribution in [-0.2, 0) is 14.4 Å². The quantitative estimate of drug-likeness (QED) is 0.0799. The Morgan fingerprint density at radius 3 is 2.13 bits per heavy atom. The van der Waals surface area contributed by atoms with Gasteiger partial charge in [0.1, 0.15) is 34.5 Å². The first-order valence-electron chi connectivity index (χ1n) is 23.3. The van der Waals surface area contributed by atoms with Crippen LogP contribution in [0.25, 0.3) is 10.9 Å². The van der Waals surface area contributed by atoms with Gasteiger partial charge in [-0.2, -0.15) is 0 Å². The summed E-state index contributed by atoms with van der Waals surface area (Å²) < 4.78 is 25.6. The first-order chi connectivity index (χ1) is 33.0. The number of nitrogens with one attached hydrogen (secondary N) is 3. The number of hydrogen-bond acceptors (Lipinski definition) is 11. The molecular weight excluding hydrogens is 868 g/mol. The van der Waals surface area contributed by atoms with Crippen molar-refractivity contribution in [2.24, 2.45) is 11.3 Å². The largest absolute Gasteiger partial charge is 0.495 e. The van der Waals surface area contributed by atoms with Gasteiger partial charge in [-0.3, -0.25) is 38.8 Å². The zero-order valence-corrected chi connectivity index (χ0v) is 37.9. The summed E-state index contributed by atoms with van der Waals surface area (Å²) in [7, 11) is 1.67. The van der Waals surface area contributed by atoms with Gasteiger partial charge in [-0.15, -0.1) is 0 Å². The number of aromatic nitrogens is 1. The first kappa shape index (κ1) is 44.5. The van der Waals surface area contributed by atoms with Crippen molar-refractivity contribution in [3.63, 3.8) is 0 Å². The van der Waals surface area contributed by atoms with Crippen molar-refractivity contribution in [1.82, 2.24) is 20.1 Å². The third kappa shape index (κ3) is 8.83. The SMILES string of the molecule is C=C1CCC(N2C(=O)c3ccc(N4CCC(CCN5CCN(c6cc7nccc(Oc8ccc(NC(=O)C9(C(=O)Nc%10ccc(F)cc%10)CC9)cc8)c7cc6OC)CC5)CC4)cc3C2=O)C(=O)N1. The molecule has 1 atom stereocenters. The Bertz CT molecular complexity index is 2820. The van der Waals surface area contributed by atoms with E-state index in [0.29, 0.717) is 71.3 Å². The maximum atomic E-state index is 13.4. The third-order valence-electron chi connectivity index (χ3n) is 14.1. The molecule has 1 saturated carbocycles. The zero-order valence-electron chi connectivity index (χ0n) is 37.9. The van der Waals surface area contributed by atoms with Crippen LogP contribution in [0.3, 0.4) is 0 Å². The number of amides is 5. The number of benzene rings is 4. The number of anilines is 4. The molecule has 4 aliphatic heterocycles. The summed E-state index contributed by atoms with van der Waals surface area (Å²) in [6, 6.07) is 22.9. The number of imide groups is 1. The monoisotopic (exact) mass is 920 g/mol. The van der Waals surface area contributed by atoms with Crippen molar-refractivity contribution < 1.29 is 37.8 Å². The minimum absolute atomic E-state index is 0.353. The summed E-state index contributed by atoms with van der Waals surface area (Å²) in [4.78, 5) is 78.5. The van der Waals surface area contributed by atoms with Crippen LogP contribution in [0.4, 0.5) is 27.1 Å². The topological polar surface area (TPSA) is 166 Å². The zero-order chi connectivity index (χ0) is 47.1. The highest BCUT2D eigenvalue weighted by Crippen LogP contribution is 2.48. The lowest BCUT2D eigenvalue weighted by Crippen LogP contribution is -2.51. The lowest BCUT2D eigenvalue weighted by Gasteiger charge is -2.38. The molecule has 350 valence electrons. The van der Waals surface area contributed by atoms with Crippen LogP contribution in [0.1, 0.15) is 65.7 Å². The number of nitrogens with zero attached hydrogens (tertiary/aromatic N) is 5. The van der Waals surface area contributed by atoms with E-state index in [1.807, 2.05) is 18.2 Å². The molecule has 15 nitrogen and oxygen atoms in total. The van der Waals surface area contributed by atoms with Gasteiger partial charge in [0.25, 0.3) is 11.8 Å². The van der Waals surface area contributed by atoms with Gasteiger partial charge in [0, 0.05) is 73.6 Å². The lowest BCUT2D eigenvalue weighted by atomic mass is 9.92. The Kier molecular flexibility index (Phi) is 12.0. The molecule has 16 heteroatoms. The minimum atomic E-state index is -1.17. The Morgan fingerprint density at radius 1 is 0.794 bits per heavy atom. The number of hydrogen-bond donors (Lipinski definition) is 3. The highest BCUT2D eigenvalue weighted by Gasteiger charge is 2.56. The van der Waals surface area contributed by atoms with E-state index in [2.05, 4.69) is 48.3 Å². The third-order valence-corrected chi connectivity index (χ3v) is 14.1. The average Bonchev–Trinajstić information content (AvgIpc) is 4.14. The van der Waals surface area contributed by atoms with E-state index in [1.165, 1.54) is 24.3 Å². The van der Waals surface area contributed by atoms with Gasteiger partial charge in [-0.1, -0.05) is 6.58 Å². The predicted octanol–water partition coefficient (Wildman–Crippen LogP) is 7.35. The number of piperidine rings is 2. The van der Waals surface area contributed by atoms with Crippen LogP contribution in [0, 0.1) is 17.2 Å². The highest BCUT2D eigenvalue weighted by molar-refractivity contribution is 6.23. The van der Waals surface area contributed by atoms with Crippen LogP contribution in [-0.4, -0.2) is 103 Å². The molecule has 0 spiro atoms. The van der Waals surface area contributed by atoms with Crippen molar-refractivity contribution >= 4 is 63.2 Å². The molecule has 0 bridgehead atoms. The number of piperazine rings is 1. The second-order valence-electron chi connectivity index (χ2n) is 18.4. The van der Waals surface area contributed by atoms with E-state index in [4.69, 9.17) is 9.47 Å². The lowest BCUT2D eigenvalue weighted by molar-refractivity contribution is -0.131. The van der Waals surface area contributed by atoms with Crippen molar-refractivity contribution in [3.8, 4) is 17.2 Å². The Hall–Kier alpha value is -7.33. The molecule has 1 unspecified atom stereocenters. The number of ether oxygens (including phenoxy) is 2.